The lowest BCUT2D eigenvalue weighted by Crippen LogP contribution is -2.10. The molecule has 0 aliphatic carbocycles. The zero-order valence-electron chi connectivity index (χ0n) is 17.5. The highest BCUT2D eigenvalue weighted by Crippen LogP contribution is 2.33. The molecule has 0 amide bonds. The van der Waals surface area contributed by atoms with Gasteiger partial charge in [0.1, 0.15) is 5.75 Å². The summed E-state index contributed by atoms with van der Waals surface area (Å²) in [7, 11) is 1.57. The summed E-state index contributed by atoms with van der Waals surface area (Å²) in [6, 6.07) is 13.4. The SMILES string of the molecule is COc1ccc(Cl)cc1-c1nnc(SCc2nnc(-c3ccc(C(C)(C)C)cc3)o2)o1. The van der Waals surface area contributed by atoms with Crippen LogP contribution in [0.2, 0.25) is 5.02 Å². The Bertz CT molecular complexity index is 1180. The molecule has 31 heavy (non-hydrogen) atoms. The minimum atomic E-state index is 0.0905. The van der Waals surface area contributed by atoms with E-state index in [4.69, 9.17) is 25.2 Å². The van der Waals surface area contributed by atoms with E-state index in [-0.39, 0.29) is 5.41 Å². The molecule has 0 unspecified atom stereocenters. The third-order valence-corrected chi connectivity index (χ3v) is 5.62. The lowest BCUT2D eigenvalue weighted by molar-refractivity contribution is 0.411. The van der Waals surface area contributed by atoms with Gasteiger partial charge in [0, 0.05) is 10.6 Å². The summed E-state index contributed by atoms with van der Waals surface area (Å²) < 4.78 is 16.9. The molecule has 0 fully saturated rings. The molecular formula is C22H21ClN4O3S. The molecule has 160 valence electrons. The van der Waals surface area contributed by atoms with Crippen molar-refractivity contribution in [3.63, 3.8) is 0 Å². The van der Waals surface area contributed by atoms with Crippen LogP contribution in [-0.2, 0) is 11.2 Å². The third-order valence-electron chi connectivity index (χ3n) is 4.58. The Hall–Kier alpha value is -2.84. The van der Waals surface area contributed by atoms with Gasteiger partial charge in [0.25, 0.3) is 11.1 Å². The Morgan fingerprint density at radius 2 is 1.68 bits per heavy atom. The highest BCUT2D eigenvalue weighted by Gasteiger charge is 2.17. The maximum atomic E-state index is 6.08. The molecule has 2 aromatic carbocycles. The minimum absolute atomic E-state index is 0.0905. The first-order chi connectivity index (χ1) is 14.8. The van der Waals surface area contributed by atoms with Gasteiger partial charge in [-0.15, -0.1) is 20.4 Å². The van der Waals surface area contributed by atoms with Gasteiger partial charge in [-0.1, -0.05) is 56.3 Å². The molecule has 0 N–H and O–H groups in total. The molecule has 0 radical (unpaired) electrons. The monoisotopic (exact) mass is 456 g/mol. The van der Waals surface area contributed by atoms with Crippen molar-refractivity contribution < 1.29 is 13.6 Å². The number of hydrogen-bond donors (Lipinski definition) is 0. The summed E-state index contributed by atoms with van der Waals surface area (Å²) >= 11 is 7.39. The van der Waals surface area contributed by atoms with Crippen LogP contribution in [0.15, 0.2) is 56.5 Å². The van der Waals surface area contributed by atoms with Crippen LogP contribution in [0, 0.1) is 0 Å². The van der Waals surface area contributed by atoms with E-state index >= 15 is 0 Å². The summed E-state index contributed by atoms with van der Waals surface area (Å²) in [6.45, 7) is 6.53. The Kier molecular flexibility index (Phi) is 6.02. The van der Waals surface area contributed by atoms with E-state index in [0.717, 1.165) is 5.56 Å². The first kappa shape index (κ1) is 21.4. The number of benzene rings is 2. The number of hydrogen-bond acceptors (Lipinski definition) is 8. The van der Waals surface area contributed by atoms with Crippen LogP contribution in [0.3, 0.4) is 0 Å². The standard InChI is InChI=1S/C22H21ClN4O3S/c1-22(2,3)14-7-5-13(6-8-14)19-25-24-18(29-19)12-31-21-27-26-20(30-21)16-11-15(23)9-10-17(16)28-4/h5-11H,12H2,1-4H3. The summed E-state index contributed by atoms with van der Waals surface area (Å²) in [5, 5.41) is 17.4. The fourth-order valence-electron chi connectivity index (χ4n) is 2.89. The molecule has 2 aromatic heterocycles. The third kappa shape index (κ3) is 4.91. The minimum Gasteiger partial charge on any atom is -0.496 e. The number of methoxy groups -OCH3 is 1. The van der Waals surface area contributed by atoms with Crippen LogP contribution in [0.4, 0.5) is 0 Å². The fraction of sp³-hybridized carbons (Fsp3) is 0.273. The Morgan fingerprint density at radius 3 is 2.39 bits per heavy atom. The predicted molar refractivity (Wildman–Crippen MR) is 119 cm³/mol. The summed E-state index contributed by atoms with van der Waals surface area (Å²) in [5.74, 6) is 2.28. The Balaban J connectivity index is 1.43. The summed E-state index contributed by atoms with van der Waals surface area (Å²) in [5.41, 5.74) is 2.85. The average Bonchev–Trinajstić information content (AvgIpc) is 3.41. The molecule has 4 aromatic rings. The molecule has 4 rings (SSSR count). The van der Waals surface area contributed by atoms with Crippen molar-refractivity contribution in [1.82, 2.24) is 20.4 Å². The zero-order valence-corrected chi connectivity index (χ0v) is 19.1. The van der Waals surface area contributed by atoms with E-state index in [2.05, 4.69) is 53.3 Å². The van der Waals surface area contributed by atoms with Gasteiger partial charge in [-0.05, 0) is 41.3 Å². The van der Waals surface area contributed by atoms with Crippen molar-refractivity contribution in [2.24, 2.45) is 0 Å². The lowest BCUT2D eigenvalue weighted by atomic mass is 9.87. The number of thioether (sulfide) groups is 1. The molecule has 0 bridgehead atoms. The van der Waals surface area contributed by atoms with E-state index < -0.39 is 0 Å². The van der Waals surface area contributed by atoms with Crippen molar-refractivity contribution in [2.45, 2.75) is 37.2 Å². The van der Waals surface area contributed by atoms with Crippen LogP contribution in [0.5, 0.6) is 5.75 Å². The van der Waals surface area contributed by atoms with Gasteiger partial charge in [-0.2, -0.15) is 0 Å². The normalized spacial score (nSPS) is 11.6. The van der Waals surface area contributed by atoms with Crippen LogP contribution < -0.4 is 4.74 Å². The van der Waals surface area contributed by atoms with E-state index in [1.54, 1.807) is 25.3 Å². The smallest absolute Gasteiger partial charge is 0.277 e. The van der Waals surface area contributed by atoms with Gasteiger partial charge in [0.15, 0.2) is 0 Å². The largest absolute Gasteiger partial charge is 0.496 e. The number of aromatic nitrogens is 4. The van der Waals surface area contributed by atoms with Gasteiger partial charge in [0.05, 0.1) is 18.4 Å². The van der Waals surface area contributed by atoms with Gasteiger partial charge in [-0.25, -0.2) is 0 Å². The first-order valence-corrected chi connectivity index (χ1v) is 10.9. The van der Waals surface area contributed by atoms with Crippen LogP contribution in [0.25, 0.3) is 22.9 Å². The van der Waals surface area contributed by atoms with E-state index in [1.807, 2.05) is 12.1 Å². The molecule has 2 heterocycles. The van der Waals surface area contributed by atoms with Gasteiger partial charge < -0.3 is 13.6 Å². The second kappa shape index (κ2) is 8.72. The lowest BCUT2D eigenvalue weighted by Gasteiger charge is -2.18. The predicted octanol–water partition coefficient (Wildman–Crippen LogP) is 6.04. The molecule has 9 heteroatoms. The second-order valence-electron chi connectivity index (χ2n) is 7.83. The van der Waals surface area contributed by atoms with Gasteiger partial charge >= 0.3 is 0 Å². The fourth-order valence-corrected chi connectivity index (χ4v) is 3.66. The van der Waals surface area contributed by atoms with Crippen molar-refractivity contribution in [2.75, 3.05) is 7.11 Å². The van der Waals surface area contributed by atoms with E-state index in [0.29, 0.717) is 45.0 Å². The van der Waals surface area contributed by atoms with Crippen LogP contribution in [-0.4, -0.2) is 27.5 Å². The molecular weight excluding hydrogens is 436 g/mol. The van der Waals surface area contributed by atoms with E-state index in [1.165, 1.54) is 17.3 Å². The Morgan fingerprint density at radius 1 is 0.935 bits per heavy atom. The number of nitrogens with zero attached hydrogens (tertiary/aromatic N) is 4. The molecule has 0 aliphatic heterocycles. The van der Waals surface area contributed by atoms with Crippen LogP contribution in [0.1, 0.15) is 32.2 Å². The average molecular weight is 457 g/mol. The van der Waals surface area contributed by atoms with E-state index in [9.17, 15) is 0 Å². The number of rotatable bonds is 6. The highest BCUT2D eigenvalue weighted by molar-refractivity contribution is 7.98. The Labute approximate surface area is 189 Å². The van der Waals surface area contributed by atoms with Crippen molar-refractivity contribution in [1.29, 1.82) is 0 Å². The molecule has 0 saturated carbocycles. The maximum Gasteiger partial charge on any atom is 0.277 e. The van der Waals surface area contributed by atoms with Crippen LogP contribution >= 0.6 is 23.4 Å². The first-order valence-electron chi connectivity index (χ1n) is 9.57. The molecule has 0 saturated heterocycles. The van der Waals surface area contributed by atoms with Crippen molar-refractivity contribution in [3.05, 3.63) is 58.9 Å². The van der Waals surface area contributed by atoms with Gasteiger partial charge in [-0.3, -0.25) is 0 Å². The molecule has 0 atom stereocenters. The second-order valence-corrected chi connectivity index (χ2v) is 9.20. The molecule has 0 aliphatic rings. The van der Waals surface area contributed by atoms with Gasteiger partial charge in [0.2, 0.25) is 11.8 Å². The topological polar surface area (TPSA) is 87.1 Å². The molecule has 7 nitrogen and oxygen atoms in total. The van der Waals surface area contributed by atoms with Crippen molar-refractivity contribution in [3.8, 4) is 28.7 Å². The quantitative estimate of drug-likeness (QED) is 0.324. The van der Waals surface area contributed by atoms with Crippen molar-refractivity contribution >= 4 is 23.4 Å². The zero-order chi connectivity index (χ0) is 22.0. The summed E-state index contributed by atoms with van der Waals surface area (Å²) in [4.78, 5) is 0. The highest BCUT2D eigenvalue weighted by atomic mass is 35.5. The maximum absolute atomic E-state index is 6.08. The molecule has 0 spiro atoms. The number of ether oxygens (including phenoxy) is 1. The summed E-state index contributed by atoms with van der Waals surface area (Å²) in [6.07, 6.45) is 0. The number of halogens is 1.